The molecule has 0 saturated carbocycles. The predicted octanol–water partition coefficient (Wildman–Crippen LogP) is 3.27. The molecule has 0 saturated heterocycles. The summed E-state index contributed by atoms with van der Waals surface area (Å²) >= 11 is 0. The molecule has 5 rings (SSSR count). The summed E-state index contributed by atoms with van der Waals surface area (Å²) in [6.07, 6.45) is -0.939. The van der Waals surface area contributed by atoms with Crippen LogP contribution in [0, 0.1) is 0 Å². The number of imide groups is 1. The van der Waals surface area contributed by atoms with E-state index in [4.69, 9.17) is 4.74 Å². The minimum absolute atomic E-state index is 0.0131. The highest BCUT2D eigenvalue weighted by Crippen LogP contribution is 2.44. The zero-order valence-corrected chi connectivity index (χ0v) is 17.9. The quantitative estimate of drug-likeness (QED) is 0.551. The van der Waals surface area contributed by atoms with Crippen LogP contribution in [0.1, 0.15) is 37.8 Å². The fraction of sp³-hybridized carbons (Fsp3) is 0.154. The number of amides is 3. The third kappa shape index (κ3) is 3.59. The Morgan fingerprint density at radius 2 is 1.29 bits per heavy atom. The van der Waals surface area contributed by atoms with Crippen LogP contribution in [0.4, 0.5) is 4.79 Å². The lowest BCUT2D eigenvalue weighted by Crippen LogP contribution is -2.50. The van der Waals surface area contributed by atoms with Crippen LogP contribution in [0.3, 0.4) is 0 Å². The number of carbonyl (C=O) groups excluding carboxylic acids is 3. The lowest BCUT2D eigenvalue weighted by atomic mass is 9.98. The van der Waals surface area contributed by atoms with E-state index in [1.807, 2.05) is 48.5 Å². The van der Waals surface area contributed by atoms with Crippen molar-refractivity contribution in [1.82, 2.24) is 10.2 Å². The molecule has 170 valence electrons. The highest BCUT2D eigenvalue weighted by molar-refractivity contribution is 6.21. The van der Waals surface area contributed by atoms with Gasteiger partial charge in [-0.3, -0.25) is 14.5 Å². The first-order chi connectivity index (χ1) is 16.5. The minimum atomic E-state index is -1.52. The van der Waals surface area contributed by atoms with Crippen LogP contribution in [0.25, 0.3) is 11.1 Å². The van der Waals surface area contributed by atoms with Gasteiger partial charge in [0.25, 0.3) is 11.8 Å². The van der Waals surface area contributed by atoms with E-state index in [1.54, 1.807) is 12.1 Å². The molecule has 0 spiro atoms. The van der Waals surface area contributed by atoms with Crippen LogP contribution in [0.15, 0.2) is 72.8 Å². The van der Waals surface area contributed by atoms with Gasteiger partial charge in [0.2, 0.25) is 0 Å². The van der Waals surface area contributed by atoms with Gasteiger partial charge < -0.3 is 15.2 Å². The van der Waals surface area contributed by atoms with Gasteiger partial charge >= 0.3 is 12.1 Å². The van der Waals surface area contributed by atoms with Crippen LogP contribution in [0.5, 0.6) is 0 Å². The number of rotatable bonds is 6. The number of benzene rings is 3. The number of carbonyl (C=O) groups is 4. The first-order valence-corrected chi connectivity index (χ1v) is 10.7. The van der Waals surface area contributed by atoms with Gasteiger partial charge in [-0.15, -0.1) is 0 Å². The Labute approximate surface area is 194 Å². The van der Waals surface area contributed by atoms with Crippen molar-refractivity contribution in [2.24, 2.45) is 0 Å². The SMILES string of the molecule is O=C(N[C@@H](CN1C(=O)c2ccccc2C1=O)C(=O)O)OCC1c2ccccc2-c2ccccc21. The largest absolute Gasteiger partial charge is 0.480 e. The topological polar surface area (TPSA) is 113 Å². The fourth-order valence-corrected chi connectivity index (χ4v) is 4.56. The van der Waals surface area contributed by atoms with Crippen molar-refractivity contribution in [3.8, 4) is 11.1 Å². The zero-order chi connectivity index (χ0) is 23.8. The number of carboxylic acid groups (broad SMARTS) is 1. The molecule has 1 aliphatic heterocycles. The number of aliphatic carboxylic acids is 1. The molecule has 3 aromatic rings. The number of alkyl carbamates (subject to hydrolysis) is 1. The van der Waals surface area contributed by atoms with Gasteiger partial charge in [0, 0.05) is 5.92 Å². The van der Waals surface area contributed by atoms with Gasteiger partial charge in [0.15, 0.2) is 0 Å². The van der Waals surface area contributed by atoms with Crippen molar-refractivity contribution >= 4 is 23.9 Å². The summed E-state index contributed by atoms with van der Waals surface area (Å²) < 4.78 is 5.40. The van der Waals surface area contributed by atoms with Crippen molar-refractivity contribution < 1.29 is 29.0 Å². The number of hydrogen-bond donors (Lipinski definition) is 2. The van der Waals surface area contributed by atoms with Gasteiger partial charge in [-0.25, -0.2) is 9.59 Å². The zero-order valence-electron chi connectivity index (χ0n) is 17.9. The van der Waals surface area contributed by atoms with Crippen LogP contribution < -0.4 is 5.32 Å². The number of carboxylic acids is 1. The number of ether oxygens (including phenoxy) is 1. The van der Waals surface area contributed by atoms with Gasteiger partial charge in [-0.2, -0.15) is 0 Å². The average Bonchev–Trinajstić information content (AvgIpc) is 3.29. The van der Waals surface area contributed by atoms with Crippen molar-refractivity contribution in [3.05, 3.63) is 95.1 Å². The first kappa shape index (κ1) is 21.4. The molecule has 0 radical (unpaired) electrons. The normalized spacial score (nSPS) is 14.9. The molecule has 8 nitrogen and oxygen atoms in total. The molecule has 3 aromatic carbocycles. The van der Waals surface area contributed by atoms with Gasteiger partial charge in [-0.1, -0.05) is 60.7 Å². The second-order valence-electron chi connectivity index (χ2n) is 8.13. The first-order valence-electron chi connectivity index (χ1n) is 10.7. The molecule has 0 aromatic heterocycles. The lowest BCUT2D eigenvalue weighted by molar-refractivity contribution is -0.139. The number of nitrogens with one attached hydrogen (secondary N) is 1. The lowest BCUT2D eigenvalue weighted by Gasteiger charge is -2.21. The molecule has 1 heterocycles. The second kappa shape index (κ2) is 8.47. The maximum absolute atomic E-state index is 12.6. The van der Waals surface area contributed by atoms with E-state index in [0.717, 1.165) is 27.2 Å². The van der Waals surface area contributed by atoms with Gasteiger partial charge in [0.05, 0.1) is 17.7 Å². The van der Waals surface area contributed by atoms with E-state index >= 15 is 0 Å². The summed E-state index contributed by atoms with van der Waals surface area (Å²) in [7, 11) is 0. The smallest absolute Gasteiger partial charge is 0.407 e. The summed E-state index contributed by atoms with van der Waals surface area (Å²) in [6.45, 7) is -0.495. The van der Waals surface area contributed by atoms with Crippen LogP contribution in [-0.2, 0) is 9.53 Å². The van der Waals surface area contributed by atoms with Gasteiger partial charge in [0.1, 0.15) is 12.6 Å². The van der Waals surface area contributed by atoms with Crippen molar-refractivity contribution in [3.63, 3.8) is 0 Å². The Balaban J connectivity index is 1.26. The Morgan fingerprint density at radius 1 is 0.824 bits per heavy atom. The molecule has 3 amide bonds. The molecule has 1 atom stereocenters. The Bertz CT molecular complexity index is 1250. The molecule has 34 heavy (non-hydrogen) atoms. The molecular weight excluding hydrogens is 436 g/mol. The highest BCUT2D eigenvalue weighted by Gasteiger charge is 2.38. The van der Waals surface area contributed by atoms with Crippen LogP contribution in [0.2, 0.25) is 0 Å². The molecule has 1 aliphatic carbocycles. The number of hydrogen-bond acceptors (Lipinski definition) is 5. The summed E-state index contributed by atoms with van der Waals surface area (Å²) in [5.74, 6) is -2.76. The van der Waals surface area contributed by atoms with E-state index in [-0.39, 0.29) is 23.7 Å². The second-order valence-corrected chi connectivity index (χ2v) is 8.13. The van der Waals surface area contributed by atoms with E-state index in [9.17, 15) is 24.3 Å². The van der Waals surface area contributed by atoms with E-state index in [1.165, 1.54) is 12.1 Å². The molecule has 8 heteroatoms. The monoisotopic (exact) mass is 456 g/mol. The maximum Gasteiger partial charge on any atom is 0.407 e. The fourth-order valence-electron chi connectivity index (χ4n) is 4.56. The molecule has 0 unspecified atom stereocenters. The molecule has 2 aliphatic rings. The summed E-state index contributed by atoms with van der Waals surface area (Å²) in [4.78, 5) is 50.2. The van der Waals surface area contributed by atoms with Crippen LogP contribution >= 0.6 is 0 Å². The summed E-state index contributed by atoms with van der Waals surface area (Å²) in [5.41, 5.74) is 4.60. The van der Waals surface area contributed by atoms with Crippen molar-refractivity contribution in [2.75, 3.05) is 13.2 Å². The van der Waals surface area contributed by atoms with E-state index < -0.39 is 36.5 Å². The van der Waals surface area contributed by atoms with E-state index in [2.05, 4.69) is 5.32 Å². The molecule has 2 N–H and O–H groups in total. The molecule has 0 fully saturated rings. The van der Waals surface area contributed by atoms with Gasteiger partial charge in [-0.05, 0) is 34.4 Å². The predicted molar refractivity (Wildman–Crippen MR) is 121 cm³/mol. The average molecular weight is 456 g/mol. The molecule has 0 bridgehead atoms. The minimum Gasteiger partial charge on any atom is -0.480 e. The third-order valence-electron chi connectivity index (χ3n) is 6.18. The Morgan fingerprint density at radius 3 is 1.79 bits per heavy atom. The van der Waals surface area contributed by atoms with Crippen molar-refractivity contribution in [1.29, 1.82) is 0 Å². The summed E-state index contributed by atoms with van der Waals surface area (Å²) in [6, 6.07) is 20.4. The standard InChI is InChI=1S/C26H20N2O6/c29-23-19-11-5-6-12-20(19)24(30)28(23)13-22(25(31)32)27-26(33)34-14-21-17-9-3-1-7-15(17)16-8-2-4-10-18(16)21/h1-12,21-22H,13-14H2,(H,27,33)(H,31,32)/t22-/m0/s1. The third-order valence-corrected chi connectivity index (χ3v) is 6.18. The number of nitrogens with zero attached hydrogens (tertiary/aromatic N) is 1. The van der Waals surface area contributed by atoms with E-state index in [0.29, 0.717) is 0 Å². The Kier molecular flexibility index (Phi) is 5.33. The summed E-state index contributed by atoms with van der Waals surface area (Å²) in [5, 5.41) is 11.9. The van der Waals surface area contributed by atoms with Crippen LogP contribution in [-0.4, -0.2) is 53.1 Å². The molecular formula is C26H20N2O6. The highest BCUT2D eigenvalue weighted by atomic mass is 16.5. The maximum atomic E-state index is 12.6. The van der Waals surface area contributed by atoms with Crippen molar-refractivity contribution in [2.45, 2.75) is 12.0 Å². The Hall–Kier alpha value is -4.46. The number of fused-ring (bicyclic) bond motifs is 4.